The predicted molar refractivity (Wildman–Crippen MR) is 77.7 cm³/mol. The maximum Gasteiger partial charge on any atom is 0.201 e. The third-order valence-electron chi connectivity index (χ3n) is 3.52. The van der Waals surface area contributed by atoms with Gasteiger partial charge < -0.3 is 15.0 Å². The number of nitrogens with two attached hydrogens (primary N) is 1. The molecule has 1 aliphatic heterocycles. The first-order valence-corrected chi connectivity index (χ1v) is 7.09. The fraction of sp³-hybridized carbons (Fsp3) is 0.462. The van der Waals surface area contributed by atoms with Crippen molar-refractivity contribution in [3.05, 3.63) is 22.2 Å². The molecule has 0 spiro atoms. The molecule has 1 aliphatic rings. The van der Waals surface area contributed by atoms with Gasteiger partial charge in [-0.1, -0.05) is 23.2 Å². The molecule has 0 saturated carbocycles. The summed E-state index contributed by atoms with van der Waals surface area (Å²) in [5.74, 6) is 0.974. The van der Waals surface area contributed by atoms with Crippen LogP contribution in [0.3, 0.4) is 0 Å². The van der Waals surface area contributed by atoms with E-state index in [9.17, 15) is 0 Å². The highest BCUT2D eigenvalue weighted by atomic mass is 35.5. The third kappa shape index (κ3) is 2.53. The summed E-state index contributed by atoms with van der Waals surface area (Å²) in [6.07, 6.45) is 2.25. The molecule has 1 saturated heterocycles. The highest BCUT2D eigenvalue weighted by Gasteiger charge is 2.18. The number of nitrogens with zero attached hydrogens (tertiary/aromatic N) is 2. The fourth-order valence-electron chi connectivity index (χ4n) is 2.54. The monoisotopic (exact) mass is 299 g/mol. The molecule has 4 nitrogen and oxygen atoms in total. The van der Waals surface area contributed by atoms with Crippen molar-refractivity contribution in [1.82, 2.24) is 9.55 Å². The Morgan fingerprint density at radius 2 is 2.16 bits per heavy atom. The number of anilines is 1. The first-order valence-electron chi connectivity index (χ1n) is 6.33. The Bertz CT molecular complexity index is 605. The quantitative estimate of drug-likeness (QED) is 0.925. The van der Waals surface area contributed by atoms with Gasteiger partial charge in [-0.3, -0.25) is 0 Å². The van der Waals surface area contributed by atoms with Gasteiger partial charge in [0.05, 0.1) is 27.7 Å². The van der Waals surface area contributed by atoms with Gasteiger partial charge in [0.2, 0.25) is 5.95 Å². The Labute approximate surface area is 121 Å². The first kappa shape index (κ1) is 13.0. The topological polar surface area (TPSA) is 53.1 Å². The number of fused-ring (bicyclic) bond motifs is 1. The van der Waals surface area contributed by atoms with Crippen molar-refractivity contribution in [3.63, 3.8) is 0 Å². The summed E-state index contributed by atoms with van der Waals surface area (Å²) in [7, 11) is 0. The third-order valence-corrected chi connectivity index (χ3v) is 4.24. The number of nitrogen functional groups attached to an aromatic ring is 1. The zero-order valence-electron chi connectivity index (χ0n) is 10.4. The van der Waals surface area contributed by atoms with Crippen LogP contribution in [0.25, 0.3) is 11.0 Å². The average molecular weight is 300 g/mol. The van der Waals surface area contributed by atoms with E-state index in [1.54, 1.807) is 6.07 Å². The maximum atomic E-state index is 6.07. The van der Waals surface area contributed by atoms with Crippen LogP contribution in [0.15, 0.2) is 12.1 Å². The minimum Gasteiger partial charge on any atom is -0.381 e. The number of ether oxygens (including phenoxy) is 1. The van der Waals surface area contributed by atoms with Crippen LogP contribution in [-0.4, -0.2) is 22.8 Å². The summed E-state index contributed by atoms with van der Waals surface area (Å²) in [4.78, 5) is 4.34. The van der Waals surface area contributed by atoms with Gasteiger partial charge in [-0.2, -0.15) is 0 Å². The van der Waals surface area contributed by atoms with Crippen LogP contribution in [0.2, 0.25) is 10.0 Å². The molecular formula is C13H15Cl2N3O. The van der Waals surface area contributed by atoms with Gasteiger partial charge in [-0.15, -0.1) is 0 Å². The Hall–Kier alpha value is -0.970. The smallest absolute Gasteiger partial charge is 0.201 e. The number of rotatable bonds is 2. The van der Waals surface area contributed by atoms with Gasteiger partial charge in [0, 0.05) is 19.1 Å². The molecule has 1 aromatic heterocycles. The number of benzene rings is 1. The lowest BCUT2D eigenvalue weighted by Gasteiger charge is -2.23. The molecule has 3 rings (SSSR count). The minimum absolute atomic E-state index is 0.475. The van der Waals surface area contributed by atoms with E-state index in [0.29, 0.717) is 21.9 Å². The first-order chi connectivity index (χ1) is 9.15. The molecule has 102 valence electrons. The molecule has 1 fully saturated rings. The molecular weight excluding hydrogens is 285 g/mol. The molecule has 1 unspecified atom stereocenters. The van der Waals surface area contributed by atoms with Crippen LogP contribution in [0, 0.1) is 5.92 Å². The second-order valence-corrected chi connectivity index (χ2v) is 5.73. The highest BCUT2D eigenvalue weighted by Crippen LogP contribution is 2.30. The van der Waals surface area contributed by atoms with Crippen molar-refractivity contribution in [3.8, 4) is 0 Å². The summed E-state index contributed by atoms with van der Waals surface area (Å²) in [5.41, 5.74) is 7.70. The van der Waals surface area contributed by atoms with E-state index in [0.717, 1.165) is 43.6 Å². The van der Waals surface area contributed by atoms with Crippen molar-refractivity contribution < 1.29 is 4.74 Å². The summed E-state index contributed by atoms with van der Waals surface area (Å²) in [5, 5.41) is 1.02. The summed E-state index contributed by atoms with van der Waals surface area (Å²) >= 11 is 12.1. The van der Waals surface area contributed by atoms with E-state index in [4.69, 9.17) is 33.7 Å². The largest absolute Gasteiger partial charge is 0.381 e. The zero-order valence-corrected chi connectivity index (χ0v) is 11.9. The van der Waals surface area contributed by atoms with Crippen molar-refractivity contribution in [1.29, 1.82) is 0 Å². The van der Waals surface area contributed by atoms with E-state index in [2.05, 4.69) is 4.98 Å². The Morgan fingerprint density at radius 1 is 1.37 bits per heavy atom. The molecule has 6 heteroatoms. The summed E-state index contributed by atoms with van der Waals surface area (Å²) < 4.78 is 7.50. The number of hydrogen-bond acceptors (Lipinski definition) is 3. The van der Waals surface area contributed by atoms with Crippen LogP contribution in [0.5, 0.6) is 0 Å². The normalized spacial score (nSPS) is 20.0. The van der Waals surface area contributed by atoms with Crippen LogP contribution < -0.4 is 5.73 Å². The highest BCUT2D eigenvalue weighted by molar-refractivity contribution is 6.42. The van der Waals surface area contributed by atoms with Gasteiger partial charge in [0.1, 0.15) is 0 Å². The molecule has 0 bridgehead atoms. The maximum absolute atomic E-state index is 6.07. The van der Waals surface area contributed by atoms with Crippen LogP contribution in [-0.2, 0) is 11.3 Å². The molecule has 0 aliphatic carbocycles. The van der Waals surface area contributed by atoms with Crippen LogP contribution in [0.1, 0.15) is 12.8 Å². The van der Waals surface area contributed by atoms with Crippen molar-refractivity contribution in [2.45, 2.75) is 19.4 Å². The molecule has 0 amide bonds. The number of halogens is 2. The number of hydrogen-bond donors (Lipinski definition) is 1. The lowest BCUT2D eigenvalue weighted by molar-refractivity contribution is 0.0490. The van der Waals surface area contributed by atoms with Gasteiger partial charge in [-0.25, -0.2) is 4.98 Å². The Morgan fingerprint density at radius 3 is 2.89 bits per heavy atom. The zero-order chi connectivity index (χ0) is 13.4. The van der Waals surface area contributed by atoms with Gasteiger partial charge in [0.25, 0.3) is 0 Å². The molecule has 1 aromatic carbocycles. The van der Waals surface area contributed by atoms with Crippen molar-refractivity contribution in [2.75, 3.05) is 18.9 Å². The molecule has 2 heterocycles. The lowest BCUT2D eigenvalue weighted by Crippen LogP contribution is -2.22. The molecule has 2 aromatic rings. The molecule has 0 radical (unpaired) electrons. The molecule has 1 atom stereocenters. The Kier molecular flexibility index (Phi) is 3.56. The van der Waals surface area contributed by atoms with Gasteiger partial charge in [-0.05, 0) is 25.0 Å². The van der Waals surface area contributed by atoms with Crippen molar-refractivity contribution >= 4 is 40.2 Å². The summed E-state index contributed by atoms with van der Waals surface area (Å²) in [6, 6.07) is 3.58. The SMILES string of the molecule is Nc1nc2cc(Cl)c(Cl)cc2n1CC1CCCOC1. The van der Waals surface area contributed by atoms with Crippen molar-refractivity contribution in [2.24, 2.45) is 5.92 Å². The Balaban J connectivity index is 1.97. The van der Waals surface area contributed by atoms with E-state index in [-0.39, 0.29) is 0 Å². The van der Waals surface area contributed by atoms with E-state index < -0.39 is 0 Å². The number of aromatic nitrogens is 2. The average Bonchev–Trinajstić information content (AvgIpc) is 2.68. The van der Waals surface area contributed by atoms with Crippen LogP contribution in [0.4, 0.5) is 5.95 Å². The van der Waals surface area contributed by atoms with E-state index in [1.165, 1.54) is 0 Å². The molecule has 2 N–H and O–H groups in total. The standard InChI is InChI=1S/C13H15Cl2N3O/c14-9-4-11-12(5-10(9)15)18(13(16)17-11)6-8-2-1-3-19-7-8/h4-5,8H,1-3,6-7H2,(H2,16,17). The minimum atomic E-state index is 0.475. The predicted octanol–water partition coefficient (Wildman–Crippen LogP) is 3.35. The second kappa shape index (κ2) is 5.19. The lowest BCUT2D eigenvalue weighted by atomic mass is 10.0. The van der Waals surface area contributed by atoms with Gasteiger partial charge in [0.15, 0.2) is 0 Å². The van der Waals surface area contributed by atoms with E-state index >= 15 is 0 Å². The molecule has 19 heavy (non-hydrogen) atoms. The summed E-state index contributed by atoms with van der Waals surface area (Å²) in [6.45, 7) is 2.44. The van der Waals surface area contributed by atoms with E-state index in [1.807, 2.05) is 10.6 Å². The second-order valence-electron chi connectivity index (χ2n) is 4.92. The van der Waals surface area contributed by atoms with Crippen LogP contribution >= 0.6 is 23.2 Å². The van der Waals surface area contributed by atoms with Gasteiger partial charge >= 0.3 is 0 Å². The number of imidazole rings is 1. The fourth-order valence-corrected chi connectivity index (χ4v) is 2.86.